The van der Waals surface area contributed by atoms with Crippen LogP contribution in [0.2, 0.25) is 0 Å². The van der Waals surface area contributed by atoms with Crippen molar-refractivity contribution in [1.29, 1.82) is 0 Å². The Labute approximate surface area is 307 Å². The summed E-state index contributed by atoms with van der Waals surface area (Å²) in [5, 5.41) is 14.3. The molecule has 1 aromatic heterocycles. The maximum Gasteiger partial charge on any atom is 4.00 e. The predicted molar refractivity (Wildman–Crippen MR) is 179 cm³/mol. The molecule has 2 heterocycles. The molecule has 3 aromatic rings. The molecule has 4 rings (SSSR count). The van der Waals surface area contributed by atoms with E-state index in [0.29, 0.717) is 58.9 Å². The average Bonchev–Trinajstić information content (AvgIpc) is 3.07. The number of nitrogens with zero attached hydrogens (tertiary/aromatic N) is 5. The molecule has 0 aliphatic carbocycles. The number of carbonyl (C=O) groups excluding carboxylic acids is 4. The number of para-hydroxylation sites is 1. The van der Waals surface area contributed by atoms with E-state index in [4.69, 9.17) is 4.98 Å². The Morgan fingerprint density at radius 3 is 1.34 bits per heavy atom. The van der Waals surface area contributed by atoms with Crippen LogP contribution < -0.4 is 21.3 Å². The molecule has 1 radical (unpaired) electrons. The first kappa shape index (κ1) is 38.6. The van der Waals surface area contributed by atoms with Crippen molar-refractivity contribution in [3.63, 3.8) is 0 Å². The Kier molecular flexibility index (Phi) is 16.3. The van der Waals surface area contributed by atoms with Crippen LogP contribution in [-0.2, 0) is 25.7 Å². The standard InChI is InChI=1S/C33H47N9O4.Tb/c1-34-30(43)21-39-12-14-40(22-31(44)35-2)16-18-42(19-17-41(15-13-39)23-32(45)36-3)24-33(46)37-20-29-27-10-5-4-8-25(27)26-9-6-7-11-28(26)38-29;/h4-11H,12-24H2,1-3H3,(H,34,43)(H,35,44)(H,36,45)(H,37,46);/q;+4. The van der Waals surface area contributed by atoms with Crippen LogP contribution in [0.1, 0.15) is 5.69 Å². The van der Waals surface area contributed by atoms with Crippen LogP contribution in [0.15, 0.2) is 48.5 Å². The Morgan fingerprint density at radius 1 is 0.553 bits per heavy atom. The van der Waals surface area contributed by atoms with Crippen molar-refractivity contribution >= 4 is 45.3 Å². The second kappa shape index (κ2) is 19.8. The molecule has 0 atom stereocenters. The molecule has 1 fully saturated rings. The van der Waals surface area contributed by atoms with Crippen LogP contribution >= 0.6 is 0 Å². The van der Waals surface area contributed by atoms with Crippen LogP contribution in [-0.4, -0.2) is 148 Å². The van der Waals surface area contributed by atoms with Crippen LogP contribution in [0.5, 0.6) is 0 Å². The number of benzene rings is 2. The Balaban J connectivity index is 0.00000600. The predicted octanol–water partition coefficient (Wildman–Crippen LogP) is -0.536. The van der Waals surface area contributed by atoms with E-state index in [1.807, 2.05) is 41.3 Å². The Hall–Kier alpha value is -2.88. The van der Waals surface area contributed by atoms with Crippen LogP contribution in [0.3, 0.4) is 0 Å². The van der Waals surface area contributed by atoms with E-state index >= 15 is 0 Å². The van der Waals surface area contributed by atoms with Gasteiger partial charge in [-0.2, -0.15) is 0 Å². The van der Waals surface area contributed by atoms with Gasteiger partial charge in [0.2, 0.25) is 23.6 Å². The molecule has 14 heteroatoms. The number of amides is 4. The molecule has 0 unspecified atom stereocenters. The van der Waals surface area contributed by atoms with Gasteiger partial charge < -0.3 is 21.3 Å². The first-order valence-corrected chi connectivity index (χ1v) is 15.8. The van der Waals surface area contributed by atoms with Crippen molar-refractivity contribution in [3.05, 3.63) is 54.2 Å². The second-order valence-corrected chi connectivity index (χ2v) is 11.5. The Bertz CT molecular complexity index is 1470. The van der Waals surface area contributed by atoms with Gasteiger partial charge in [0.25, 0.3) is 0 Å². The topological polar surface area (TPSA) is 142 Å². The van der Waals surface area contributed by atoms with Crippen molar-refractivity contribution in [2.45, 2.75) is 6.54 Å². The van der Waals surface area contributed by atoms with Crippen LogP contribution in [0.4, 0.5) is 0 Å². The van der Waals surface area contributed by atoms with Gasteiger partial charge in [0.15, 0.2) is 0 Å². The molecule has 4 N–H and O–H groups in total. The van der Waals surface area contributed by atoms with Crippen molar-refractivity contribution < 1.29 is 57.8 Å². The minimum atomic E-state index is -0.126. The number of hydrogen-bond acceptors (Lipinski definition) is 9. The zero-order valence-corrected chi connectivity index (χ0v) is 29.7. The van der Waals surface area contributed by atoms with E-state index in [-0.39, 0.29) is 88.4 Å². The van der Waals surface area contributed by atoms with Gasteiger partial charge in [-0.25, -0.2) is 0 Å². The molecular weight excluding hydrogens is 745 g/mol. The van der Waals surface area contributed by atoms with Crippen LogP contribution in [0, 0.1) is 38.6 Å². The van der Waals surface area contributed by atoms with E-state index < -0.39 is 0 Å². The monoisotopic (exact) mass is 792 g/mol. The largest absolute Gasteiger partial charge is 4.00 e. The fourth-order valence-corrected chi connectivity index (χ4v) is 5.61. The number of likely N-dealkylation sites (N-methyl/N-ethyl adjacent to an activating group) is 3. The van der Waals surface area contributed by atoms with Gasteiger partial charge in [-0.15, -0.1) is 0 Å². The van der Waals surface area contributed by atoms with Gasteiger partial charge in [-0.1, -0.05) is 42.5 Å². The minimum Gasteiger partial charge on any atom is -0.358 e. The van der Waals surface area contributed by atoms with Gasteiger partial charge in [-0.05, 0) is 11.5 Å². The number of fused-ring (bicyclic) bond motifs is 3. The number of aromatic nitrogens is 1. The summed E-state index contributed by atoms with van der Waals surface area (Å²) in [6, 6.07) is 16.1. The third-order valence-corrected chi connectivity index (χ3v) is 8.38. The van der Waals surface area contributed by atoms with E-state index in [2.05, 4.69) is 48.1 Å². The first-order chi connectivity index (χ1) is 22.3. The van der Waals surface area contributed by atoms with Crippen molar-refractivity contribution in [3.8, 4) is 0 Å². The van der Waals surface area contributed by atoms with Crippen LogP contribution in [0.25, 0.3) is 21.7 Å². The molecule has 0 spiro atoms. The summed E-state index contributed by atoms with van der Waals surface area (Å²) in [4.78, 5) is 63.3. The average molecular weight is 793 g/mol. The van der Waals surface area contributed by atoms with E-state index in [1.165, 1.54) is 0 Å². The first-order valence-electron chi connectivity index (χ1n) is 15.8. The maximum absolute atomic E-state index is 13.4. The van der Waals surface area contributed by atoms with Gasteiger partial charge >= 0.3 is 38.6 Å². The zero-order chi connectivity index (χ0) is 32.9. The number of nitrogens with one attached hydrogen (secondary N) is 4. The molecule has 253 valence electrons. The molecule has 0 bridgehead atoms. The molecule has 47 heavy (non-hydrogen) atoms. The summed E-state index contributed by atoms with van der Waals surface area (Å²) in [6.45, 7) is 5.61. The smallest absolute Gasteiger partial charge is 0.358 e. The third kappa shape index (κ3) is 11.9. The van der Waals surface area contributed by atoms with E-state index in [1.54, 1.807) is 21.1 Å². The normalized spacial score (nSPS) is 16.0. The van der Waals surface area contributed by atoms with Gasteiger partial charge in [0.05, 0.1) is 43.9 Å². The molecule has 1 aliphatic heterocycles. The summed E-state index contributed by atoms with van der Waals surface area (Å²) in [5.74, 6) is -0.410. The Morgan fingerprint density at radius 2 is 0.915 bits per heavy atom. The van der Waals surface area contributed by atoms with Gasteiger partial charge in [0, 0.05) is 84.3 Å². The molecular formula is C33H47N9O4Tb+4. The minimum absolute atomic E-state index is 0. The number of carbonyl (C=O) groups is 4. The summed E-state index contributed by atoms with van der Waals surface area (Å²) < 4.78 is 0. The number of rotatable bonds is 10. The SMILES string of the molecule is CNC(=O)CN1CCN(CC(=O)NC)CCN(CC(=O)NCc2nc3ccccc3c3ccccc23)CCN(CC(=O)NC)CC1.[Tb+4]. The van der Waals surface area contributed by atoms with E-state index in [9.17, 15) is 19.2 Å². The molecule has 1 saturated heterocycles. The summed E-state index contributed by atoms with van der Waals surface area (Å²) in [6.07, 6.45) is 0. The summed E-state index contributed by atoms with van der Waals surface area (Å²) >= 11 is 0. The van der Waals surface area contributed by atoms with Crippen molar-refractivity contribution in [2.75, 3.05) is 99.7 Å². The molecule has 4 amide bonds. The van der Waals surface area contributed by atoms with Gasteiger partial charge in [-0.3, -0.25) is 43.8 Å². The fraction of sp³-hybridized carbons (Fsp3) is 0.485. The number of hydrogen-bond donors (Lipinski definition) is 4. The zero-order valence-electron chi connectivity index (χ0n) is 27.5. The molecule has 0 saturated carbocycles. The van der Waals surface area contributed by atoms with Crippen molar-refractivity contribution in [2.24, 2.45) is 0 Å². The third-order valence-electron chi connectivity index (χ3n) is 8.38. The second-order valence-electron chi connectivity index (χ2n) is 11.5. The summed E-state index contributed by atoms with van der Waals surface area (Å²) in [5.41, 5.74) is 1.70. The summed E-state index contributed by atoms with van der Waals surface area (Å²) in [7, 11) is 4.84. The quantitative estimate of drug-likeness (QED) is 0.200. The maximum atomic E-state index is 13.4. The van der Waals surface area contributed by atoms with Crippen molar-refractivity contribution in [1.82, 2.24) is 45.9 Å². The molecule has 1 aliphatic rings. The number of pyridine rings is 1. The molecule has 2 aromatic carbocycles. The van der Waals surface area contributed by atoms with Gasteiger partial charge in [0.1, 0.15) is 0 Å². The molecule has 13 nitrogen and oxygen atoms in total. The van der Waals surface area contributed by atoms with E-state index in [0.717, 1.165) is 27.4 Å². The fourth-order valence-electron chi connectivity index (χ4n) is 5.61.